The molecule has 5 heteroatoms. The molecule has 0 fully saturated rings. The van der Waals surface area contributed by atoms with Gasteiger partial charge >= 0.3 is 0 Å². The van der Waals surface area contributed by atoms with Crippen LogP contribution in [0.4, 0.5) is 5.69 Å². The summed E-state index contributed by atoms with van der Waals surface area (Å²) in [5, 5.41) is -0.152. The second-order valence-electron chi connectivity index (χ2n) is 4.39. The fourth-order valence-corrected chi connectivity index (χ4v) is 3.01. The van der Waals surface area contributed by atoms with E-state index in [1.165, 1.54) is 18.7 Å². The third-order valence-electron chi connectivity index (χ3n) is 2.85. The molecule has 1 unspecified atom stereocenters. The quantitative estimate of drug-likeness (QED) is 0.900. The van der Waals surface area contributed by atoms with Crippen LogP contribution < -0.4 is 10.6 Å². The van der Waals surface area contributed by atoms with Gasteiger partial charge in [0, 0.05) is 11.4 Å². The first-order valence-corrected chi connectivity index (χ1v) is 6.71. The van der Waals surface area contributed by atoms with Crippen LogP contribution in [0.5, 0.6) is 0 Å². The molecule has 0 spiro atoms. The van der Waals surface area contributed by atoms with Gasteiger partial charge in [0.15, 0.2) is 0 Å². The van der Waals surface area contributed by atoms with E-state index in [0.717, 1.165) is 16.1 Å². The number of thioether (sulfide) groups is 1. The number of Topliss-reactive ketones (excluding diaryl/α,β-unsaturated/α-hetero) is 1. The van der Waals surface area contributed by atoms with Crippen LogP contribution >= 0.6 is 11.8 Å². The van der Waals surface area contributed by atoms with Crippen molar-refractivity contribution in [3.8, 4) is 0 Å². The van der Waals surface area contributed by atoms with Crippen molar-refractivity contribution < 1.29 is 9.59 Å². The summed E-state index contributed by atoms with van der Waals surface area (Å²) in [6.07, 6.45) is 0. The van der Waals surface area contributed by atoms with Gasteiger partial charge in [-0.15, -0.1) is 11.8 Å². The summed E-state index contributed by atoms with van der Waals surface area (Å²) in [6, 6.07) is 5.83. The van der Waals surface area contributed by atoms with Crippen molar-refractivity contribution in [2.45, 2.75) is 30.5 Å². The maximum Gasteiger partial charge on any atom is 0.240 e. The molecule has 4 nitrogen and oxygen atoms in total. The Balaban J connectivity index is 2.45. The van der Waals surface area contributed by atoms with E-state index in [4.69, 9.17) is 5.73 Å². The molecule has 18 heavy (non-hydrogen) atoms. The van der Waals surface area contributed by atoms with Crippen LogP contribution in [0.1, 0.15) is 19.4 Å². The Morgan fingerprint density at radius 2 is 2.22 bits per heavy atom. The van der Waals surface area contributed by atoms with Crippen molar-refractivity contribution in [2.24, 2.45) is 5.73 Å². The maximum absolute atomic E-state index is 12.1. The second kappa shape index (κ2) is 5.12. The average Bonchev–Trinajstić information content (AvgIpc) is 2.34. The molecule has 1 aromatic rings. The molecule has 1 heterocycles. The Bertz CT molecular complexity index is 502. The van der Waals surface area contributed by atoms with Crippen molar-refractivity contribution in [1.82, 2.24) is 0 Å². The number of rotatable bonds is 3. The van der Waals surface area contributed by atoms with Crippen LogP contribution in [0.15, 0.2) is 23.1 Å². The summed E-state index contributed by atoms with van der Waals surface area (Å²) in [4.78, 5) is 26.0. The number of nitrogens with two attached hydrogens (primary N) is 1. The zero-order chi connectivity index (χ0) is 13.3. The van der Waals surface area contributed by atoms with Crippen LogP contribution in [0, 0.1) is 0 Å². The van der Waals surface area contributed by atoms with Crippen molar-refractivity contribution >= 4 is 29.1 Å². The lowest BCUT2D eigenvalue weighted by atomic mass is 10.1. The van der Waals surface area contributed by atoms with Gasteiger partial charge in [-0.1, -0.05) is 6.07 Å². The molecule has 0 bridgehead atoms. The fourth-order valence-electron chi connectivity index (χ4n) is 1.97. The Labute approximate surface area is 111 Å². The molecule has 0 radical (unpaired) electrons. The van der Waals surface area contributed by atoms with Crippen LogP contribution in [0.3, 0.4) is 0 Å². The predicted octanol–water partition coefficient (Wildman–Crippen LogP) is 1.56. The number of benzene rings is 1. The number of hydrogen-bond acceptors (Lipinski definition) is 4. The lowest BCUT2D eigenvalue weighted by Gasteiger charge is -2.32. The first-order chi connectivity index (χ1) is 8.52. The zero-order valence-electron chi connectivity index (χ0n) is 10.5. The van der Waals surface area contributed by atoms with Crippen molar-refractivity contribution in [1.29, 1.82) is 0 Å². The number of nitrogens with zero attached hydrogens (tertiary/aromatic N) is 1. The van der Waals surface area contributed by atoms with Gasteiger partial charge < -0.3 is 10.6 Å². The largest absolute Gasteiger partial charge is 0.326 e. The molecule has 0 aromatic heterocycles. The Hall–Kier alpha value is -1.33. The minimum atomic E-state index is -0.152. The van der Waals surface area contributed by atoms with E-state index >= 15 is 0 Å². The molecule has 1 aliphatic heterocycles. The van der Waals surface area contributed by atoms with Crippen LogP contribution in [-0.2, 0) is 16.1 Å². The van der Waals surface area contributed by atoms with Gasteiger partial charge in [-0.3, -0.25) is 9.59 Å². The first kappa shape index (κ1) is 13.1. The minimum absolute atomic E-state index is 0.0168. The van der Waals surface area contributed by atoms with Gasteiger partial charge in [0.25, 0.3) is 0 Å². The summed E-state index contributed by atoms with van der Waals surface area (Å²) < 4.78 is 0. The van der Waals surface area contributed by atoms with Crippen LogP contribution in [0.25, 0.3) is 0 Å². The number of carbonyl (C=O) groups excluding carboxylic acids is 2. The molecule has 1 aliphatic rings. The molecule has 0 aliphatic carbocycles. The van der Waals surface area contributed by atoms with E-state index in [-0.39, 0.29) is 23.5 Å². The smallest absolute Gasteiger partial charge is 0.240 e. The molecule has 2 rings (SSSR count). The molecular formula is C13H16N2O2S. The molecule has 1 aromatic carbocycles. The van der Waals surface area contributed by atoms with Crippen LogP contribution in [-0.4, -0.2) is 23.5 Å². The van der Waals surface area contributed by atoms with Gasteiger partial charge in [0.2, 0.25) is 5.91 Å². The highest BCUT2D eigenvalue weighted by Crippen LogP contribution is 2.39. The van der Waals surface area contributed by atoms with Gasteiger partial charge in [-0.2, -0.15) is 0 Å². The molecule has 0 saturated carbocycles. The first-order valence-electron chi connectivity index (χ1n) is 5.83. The van der Waals surface area contributed by atoms with Crippen molar-refractivity contribution in [2.75, 3.05) is 11.4 Å². The lowest BCUT2D eigenvalue weighted by Crippen LogP contribution is -2.42. The summed E-state index contributed by atoms with van der Waals surface area (Å²) in [5.74, 6) is -0.0385. The van der Waals surface area contributed by atoms with E-state index in [2.05, 4.69) is 0 Å². The zero-order valence-corrected chi connectivity index (χ0v) is 11.3. The highest BCUT2D eigenvalue weighted by molar-refractivity contribution is 8.00. The molecule has 1 amide bonds. The molecule has 1 atom stereocenters. The Kier molecular flexibility index (Phi) is 3.73. The number of amides is 1. The van der Waals surface area contributed by atoms with Gasteiger partial charge in [-0.25, -0.2) is 0 Å². The normalized spacial score (nSPS) is 18.7. The number of fused-ring (bicyclic) bond motifs is 1. The maximum atomic E-state index is 12.1. The lowest BCUT2D eigenvalue weighted by molar-refractivity contribution is -0.121. The topological polar surface area (TPSA) is 63.4 Å². The highest BCUT2D eigenvalue weighted by Gasteiger charge is 2.31. The molecular weight excluding hydrogens is 248 g/mol. The van der Waals surface area contributed by atoms with Crippen LogP contribution in [0.2, 0.25) is 0 Å². The SMILES string of the molecule is CC(=O)CN1C(=O)C(C)Sc2ccc(CN)cc21. The van der Waals surface area contributed by atoms with Gasteiger partial charge in [-0.05, 0) is 31.5 Å². The minimum Gasteiger partial charge on any atom is -0.326 e. The summed E-state index contributed by atoms with van der Waals surface area (Å²) in [7, 11) is 0. The Morgan fingerprint density at radius 3 is 2.83 bits per heavy atom. The van der Waals surface area contributed by atoms with E-state index < -0.39 is 0 Å². The fraction of sp³-hybridized carbons (Fsp3) is 0.385. The number of ketones is 1. The van der Waals surface area contributed by atoms with Gasteiger partial charge in [0.05, 0.1) is 17.5 Å². The van der Waals surface area contributed by atoms with E-state index in [0.29, 0.717) is 6.54 Å². The summed E-state index contributed by atoms with van der Waals surface area (Å²) >= 11 is 1.53. The molecule has 0 saturated heterocycles. The van der Waals surface area contributed by atoms with Crippen molar-refractivity contribution in [3.63, 3.8) is 0 Å². The highest BCUT2D eigenvalue weighted by atomic mass is 32.2. The average molecular weight is 264 g/mol. The number of hydrogen-bond donors (Lipinski definition) is 1. The summed E-state index contributed by atoms with van der Waals surface area (Å²) in [6.45, 7) is 3.91. The third kappa shape index (κ3) is 2.42. The molecule has 96 valence electrons. The Morgan fingerprint density at radius 1 is 1.50 bits per heavy atom. The van der Waals surface area contributed by atoms with Gasteiger partial charge in [0.1, 0.15) is 5.78 Å². The number of carbonyl (C=O) groups is 2. The summed E-state index contributed by atoms with van der Waals surface area (Å²) in [5.41, 5.74) is 7.38. The standard InChI is InChI=1S/C13H16N2O2S/c1-8(16)7-15-11-5-10(6-14)3-4-12(11)18-9(2)13(15)17/h3-5,9H,6-7,14H2,1-2H3. The third-order valence-corrected chi connectivity index (χ3v) is 4.00. The van der Waals surface area contributed by atoms with E-state index in [9.17, 15) is 9.59 Å². The monoisotopic (exact) mass is 264 g/mol. The predicted molar refractivity (Wildman–Crippen MR) is 72.7 cm³/mol. The second-order valence-corrected chi connectivity index (χ2v) is 5.78. The van der Waals surface area contributed by atoms with Crippen molar-refractivity contribution in [3.05, 3.63) is 23.8 Å². The van der Waals surface area contributed by atoms with E-state index in [1.807, 2.05) is 25.1 Å². The number of anilines is 1. The molecule has 2 N–H and O–H groups in total. The van der Waals surface area contributed by atoms with E-state index in [1.54, 1.807) is 4.90 Å².